The van der Waals surface area contributed by atoms with Gasteiger partial charge in [0.15, 0.2) is 0 Å². The van der Waals surface area contributed by atoms with Gasteiger partial charge in [0.25, 0.3) is 5.91 Å². The van der Waals surface area contributed by atoms with Crippen molar-refractivity contribution in [2.45, 2.75) is 50.6 Å². The number of likely N-dealkylation sites (tertiary alicyclic amines) is 1. The summed E-state index contributed by atoms with van der Waals surface area (Å²) in [4.78, 5) is 26.5. The van der Waals surface area contributed by atoms with Gasteiger partial charge in [0.05, 0.1) is 0 Å². The molecule has 1 aliphatic heterocycles. The molecule has 7 heteroatoms. The smallest absolute Gasteiger partial charge is 0.251 e. The fourth-order valence-electron chi connectivity index (χ4n) is 3.82. The summed E-state index contributed by atoms with van der Waals surface area (Å²) >= 11 is 0. The quantitative estimate of drug-likeness (QED) is 0.838. The van der Waals surface area contributed by atoms with E-state index in [9.17, 15) is 14.0 Å². The Morgan fingerprint density at radius 1 is 1.12 bits per heavy atom. The van der Waals surface area contributed by atoms with Crippen molar-refractivity contribution in [1.29, 1.82) is 0 Å². The molecule has 2 amide bonds. The molecule has 1 aliphatic carbocycles. The van der Waals surface area contributed by atoms with Gasteiger partial charge in [0.1, 0.15) is 5.82 Å². The van der Waals surface area contributed by atoms with E-state index in [1.807, 2.05) is 4.90 Å². The van der Waals surface area contributed by atoms with Gasteiger partial charge >= 0.3 is 0 Å². The molecule has 0 aromatic heterocycles. The fraction of sp³-hybridized carbons (Fsp3) is 0.579. The molecule has 1 aromatic carbocycles. The number of nitrogens with two attached hydrogens (primary N) is 1. The Bertz CT molecular complexity index is 618. The largest absolute Gasteiger partial charge is 0.349 e. The summed E-state index contributed by atoms with van der Waals surface area (Å²) in [5, 5.41) is 2.97. The Hall–Kier alpha value is -1.66. The van der Waals surface area contributed by atoms with Crippen molar-refractivity contribution >= 4 is 24.2 Å². The number of carbonyl (C=O) groups is 2. The van der Waals surface area contributed by atoms with Crippen LogP contribution in [0.25, 0.3) is 0 Å². The normalized spacial score (nSPS) is 23.4. The van der Waals surface area contributed by atoms with Crippen LogP contribution in [0.3, 0.4) is 0 Å². The highest BCUT2D eigenvalue weighted by Crippen LogP contribution is 2.28. The fourth-order valence-corrected chi connectivity index (χ4v) is 3.82. The number of nitrogens with zero attached hydrogens (tertiary/aromatic N) is 1. The summed E-state index contributed by atoms with van der Waals surface area (Å²) in [6, 6.07) is 5.74. The average Bonchev–Trinajstić information content (AvgIpc) is 3.01. The number of piperidine rings is 1. The Morgan fingerprint density at radius 2 is 1.77 bits per heavy atom. The number of nitrogens with one attached hydrogen (secondary N) is 1. The summed E-state index contributed by atoms with van der Waals surface area (Å²) < 4.78 is 12.9. The zero-order chi connectivity index (χ0) is 17.8. The molecule has 0 spiro atoms. The molecule has 0 bridgehead atoms. The van der Waals surface area contributed by atoms with E-state index in [-0.39, 0.29) is 42.1 Å². The minimum absolute atomic E-state index is 0. The van der Waals surface area contributed by atoms with Crippen LogP contribution < -0.4 is 11.1 Å². The van der Waals surface area contributed by atoms with Crippen LogP contribution in [0, 0.1) is 11.7 Å². The maximum atomic E-state index is 12.9. The van der Waals surface area contributed by atoms with E-state index in [1.165, 1.54) is 24.3 Å². The van der Waals surface area contributed by atoms with E-state index in [1.54, 1.807) is 0 Å². The molecule has 26 heavy (non-hydrogen) atoms. The third kappa shape index (κ3) is 5.17. The van der Waals surface area contributed by atoms with Gasteiger partial charge in [-0.15, -0.1) is 12.4 Å². The van der Waals surface area contributed by atoms with Crippen LogP contribution in [0.2, 0.25) is 0 Å². The van der Waals surface area contributed by atoms with E-state index in [0.717, 1.165) is 32.1 Å². The van der Waals surface area contributed by atoms with Gasteiger partial charge in [0.2, 0.25) is 5.91 Å². The zero-order valence-electron chi connectivity index (χ0n) is 14.8. The number of hydrogen-bond donors (Lipinski definition) is 2. The van der Waals surface area contributed by atoms with Crippen LogP contribution in [-0.4, -0.2) is 41.9 Å². The van der Waals surface area contributed by atoms with Crippen molar-refractivity contribution in [2.75, 3.05) is 13.1 Å². The summed E-state index contributed by atoms with van der Waals surface area (Å²) in [6.45, 7) is 1.32. The van der Waals surface area contributed by atoms with Gasteiger partial charge in [0, 0.05) is 37.2 Å². The van der Waals surface area contributed by atoms with Crippen molar-refractivity contribution in [3.05, 3.63) is 35.6 Å². The highest BCUT2D eigenvalue weighted by molar-refractivity contribution is 5.94. The third-order valence-electron chi connectivity index (χ3n) is 5.44. The molecule has 1 saturated heterocycles. The van der Waals surface area contributed by atoms with Gasteiger partial charge < -0.3 is 16.0 Å². The third-order valence-corrected chi connectivity index (χ3v) is 5.44. The van der Waals surface area contributed by atoms with Crippen LogP contribution in [0.15, 0.2) is 24.3 Å². The first-order valence-electron chi connectivity index (χ1n) is 9.12. The maximum Gasteiger partial charge on any atom is 0.251 e. The molecule has 0 radical (unpaired) electrons. The van der Waals surface area contributed by atoms with Crippen LogP contribution in [0.1, 0.15) is 48.9 Å². The number of hydrogen-bond acceptors (Lipinski definition) is 3. The molecular weight excluding hydrogens is 357 g/mol. The molecule has 2 atom stereocenters. The minimum atomic E-state index is -0.356. The lowest BCUT2D eigenvalue weighted by Gasteiger charge is -2.33. The van der Waals surface area contributed by atoms with Gasteiger partial charge in [-0.1, -0.05) is 6.42 Å². The van der Waals surface area contributed by atoms with Crippen LogP contribution in [0.4, 0.5) is 4.39 Å². The summed E-state index contributed by atoms with van der Waals surface area (Å²) in [5.74, 6) is -0.0406. The monoisotopic (exact) mass is 383 g/mol. The number of benzene rings is 1. The van der Waals surface area contributed by atoms with E-state index < -0.39 is 0 Å². The van der Waals surface area contributed by atoms with Gasteiger partial charge in [-0.3, -0.25) is 9.59 Å². The second-order valence-corrected chi connectivity index (χ2v) is 7.19. The van der Waals surface area contributed by atoms with Crippen molar-refractivity contribution in [3.8, 4) is 0 Å². The molecule has 5 nitrogen and oxygen atoms in total. The molecule has 1 heterocycles. The van der Waals surface area contributed by atoms with Crippen molar-refractivity contribution in [1.82, 2.24) is 10.2 Å². The highest BCUT2D eigenvalue weighted by atomic mass is 35.5. The number of carbonyl (C=O) groups excluding carboxylic acids is 2. The molecule has 1 saturated carbocycles. The molecule has 3 rings (SSSR count). The van der Waals surface area contributed by atoms with Crippen LogP contribution in [0.5, 0.6) is 0 Å². The molecule has 0 unspecified atom stereocenters. The topological polar surface area (TPSA) is 75.4 Å². The number of halogens is 2. The second-order valence-electron chi connectivity index (χ2n) is 7.19. The van der Waals surface area contributed by atoms with E-state index in [2.05, 4.69) is 5.32 Å². The first kappa shape index (κ1) is 20.6. The summed E-state index contributed by atoms with van der Waals surface area (Å²) in [5.41, 5.74) is 6.51. The predicted molar refractivity (Wildman–Crippen MR) is 101 cm³/mol. The lowest BCUT2D eigenvalue weighted by Crippen LogP contribution is -2.47. The predicted octanol–water partition coefficient (Wildman–Crippen LogP) is 2.49. The van der Waals surface area contributed by atoms with Gasteiger partial charge in [-0.25, -0.2) is 4.39 Å². The summed E-state index contributed by atoms with van der Waals surface area (Å²) in [6.07, 6.45) is 5.24. The first-order valence-corrected chi connectivity index (χ1v) is 9.12. The van der Waals surface area contributed by atoms with Crippen molar-refractivity contribution < 1.29 is 14.0 Å². The average molecular weight is 384 g/mol. The summed E-state index contributed by atoms with van der Waals surface area (Å²) in [7, 11) is 0. The van der Waals surface area contributed by atoms with E-state index >= 15 is 0 Å². The van der Waals surface area contributed by atoms with Gasteiger partial charge in [-0.05, 0) is 55.9 Å². The Morgan fingerprint density at radius 3 is 2.35 bits per heavy atom. The van der Waals surface area contributed by atoms with Crippen molar-refractivity contribution in [2.24, 2.45) is 11.7 Å². The van der Waals surface area contributed by atoms with Crippen molar-refractivity contribution in [3.63, 3.8) is 0 Å². The SMILES string of the molecule is Cl.N[C@@H]1CCC[C@H]1CC(=O)N1CCC(NC(=O)c2ccc(F)cc2)CC1. The maximum absolute atomic E-state index is 12.9. The molecule has 2 aliphatic rings. The van der Waals surface area contributed by atoms with Gasteiger partial charge in [-0.2, -0.15) is 0 Å². The standard InChI is InChI=1S/C19H26FN3O2.ClH/c20-15-6-4-13(5-7-15)19(25)22-16-8-10-23(11-9-16)18(24)12-14-2-1-3-17(14)21;/h4-7,14,16-17H,1-3,8-12,21H2,(H,22,25);1H/t14-,17+;/m0./s1. The Kier molecular flexibility index (Phi) is 7.41. The first-order chi connectivity index (χ1) is 12.0. The molecular formula is C19H27ClFN3O2. The molecule has 2 fully saturated rings. The van der Waals surface area contributed by atoms with E-state index in [4.69, 9.17) is 5.73 Å². The number of rotatable bonds is 4. The highest BCUT2D eigenvalue weighted by Gasteiger charge is 2.30. The Labute approximate surface area is 159 Å². The van der Waals surface area contributed by atoms with E-state index in [0.29, 0.717) is 31.0 Å². The zero-order valence-corrected chi connectivity index (χ0v) is 15.6. The lowest BCUT2D eigenvalue weighted by molar-refractivity contribution is -0.133. The lowest BCUT2D eigenvalue weighted by atomic mass is 9.98. The molecule has 144 valence electrons. The van der Waals surface area contributed by atoms with Crippen LogP contribution in [-0.2, 0) is 4.79 Å². The molecule has 3 N–H and O–H groups in total. The number of amides is 2. The minimum Gasteiger partial charge on any atom is -0.349 e. The second kappa shape index (κ2) is 9.33. The van der Waals surface area contributed by atoms with Crippen LogP contribution >= 0.6 is 12.4 Å². The Balaban J connectivity index is 0.00000243. The molecule has 1 aromatic rings.